The van der Waals surface area contributed by atoms with Gasteiger partial charge in [0.2, 0.25) is 5.91 Å². The summed E-state index contributed by atoms with van der Waals surface area (Å²) in [5.41, 5.74) is 0.629. The van der Waals surface area contributed by atoms with Crippen LogP contribution in [0.4, 0.5) is 0 Å². The molecule has 2 amide bonds. The Balaban J connectivity index is 1.85. The van der Waals surface area contributed by atoms with Crippen LogP contribution in [0.15, 0.2) is 54.5 Å². The van der Waals surface area contributed by atoms with Crippen LogP contribution in [0.5, 0.6) is 0 Å². The third-order valence-electron chi connectivity index (χ3n) is 5.57. The second-order valence-corrected chi connectivity index (χ2v) is 8.95. The third kappa shape index (κ3) is 6.21. The monoisotopic (exact) mass is 422 g/mol. The molecular weight excluding hydrogens is 392 g/mol. The molecule has 5 heteroatoms. The van der Waals surface area contributed by atoms with Crippen molar-refractivity contribution in [1.29, 1.82) is 0 Å². The fourth-order valence-electron chi connectivity index (χ4n) is 3.77. The summed E-state index contributed by atoms with van der Waals surface area (Å²) >= 11 is 1.51. The lowest BCUT2D eigenvalue weighted by Gasteiger charge is -2.31. The van der Waals surface area contributed by atoms with Crippen LogP contribution in [-0.4, -0.2) is 29.3 Å². The molecule has 3 rings (SSSR count). The average molecular weight is 423 g/mol. The van der Waals surface area contributed by atoms with Crippen LogP contribution >= 0.6 is 11.3 Å². The highest BCUT2D eigenvalue weighted by Gasteiger charge is 2.36. The first kappa shape index (κ1) is 22.1. The van der Waals surface area contributed by atoms with E-state index >= 15 is 0 Å². The number of nitrogens with one attached hydrogen (secondary N) is 1. The van der Waals surface area contributed by atoms with E-state index in [0.29, 0.717) is 18.0 Å². The van der Waals surface area contributed by atoms with Crippen LogP contribution < -0.4 is 5.32 Å². The van der Waals surface area contributed by atoms with Gasteiger partial charge in [0.05, 0.1) is 0 Å². The molecule has 0 bridgehead atoms. The maximum Gasteiger partial charge on any atom is 0.299 e. The highest BCUT2D eigenvalue weighted by atomic mass is 32.1. The minimum absolute atomic E-state index is 0.0919. The molecule has 0 spiro atoms. The molecule has 1 aromatic heterocycles. The molecule has 2 saturated carbocycles. The van der Waals surface area contributed by atoms with Crippen molar-refractivity contribution in [2.75, 3.05) is 6.54 Å². The minimum Gasteiger partial charge on any atom is -0.351 e. The van der Waals surface area contributed by atoms with Gasteiger partial charge in [0, 0.05) is 29.0 Å². The second kappa shape index (κ2) is 11.0. The topological polar surface area (TPSA) is 49.4 Å². The summed E-state index contributed by atoms with van der Waals surface area (Å²) in [4.78, 5) is 29.1. The van der Waals surface area contributed by atoms with Gasteiger partial charge in [-0.25, -0.2) is 0 Å². The van der Waals surface area contributed by atoms with E-state index in [-0.39, 0.29) is 17.9 Å². The van der Waals surface area contributed by atoms with E-state index in [4.69, 9.17) is 0 Å². The molecule has 4 nitrogen and oxygen atoms in total. The van der Waals surface area contributed by atoms with Crippen molar-refractivity contribution in [3.8, 4) is 11.8 Å². The fourth-order valence-corrected chi connectivity index (χ4v) is 4.60. The summed E-state index contributed by atoms with van der Waals surface area (Å²) in [6.07, 6.45) is 12.6. The summed E-state index contributed by atoms with van der Waals surface area (Å²) in [6.45, 7) is 7.94. The number of thiophene rings is 1. The summed E-state index contributed by atoms with van der Waals surface area (Å²) < 4.78 is 0. The van der Waals surface area contributed by atoms with E-state index in [1.807, 2.05) is 17.5 Å². The SMILES string of the molecule is C=C/C=C(/C#CC(=O)N(CC1CC1)C(C(=O)NC1CCCCC1)c1cccs1)C=C. The Labute approximate surface area is 183 Å². The van der Waals surface area contributed by atoms with E-state index in [9.17, 15) is 9.59 Å². The van der Waals surface area contributed by atoms with Crippen LogP contribution in [0.25, 0.3) is 0 Å². The van der Waals surface area contributed by atoms with E-state index in [1.54, 1.807) is 23.1 Å². The molecule has 0 saturated heterocycles. The summed E-state index contributed by atoms with van der Waals surface area (Å²) in [7, 11) is 0. The molecule has 1 unspecified atom stereocenters. The predicted molar refractivity (Wildman–Crippen MR) is 123 cm³/mol. The van der Waals surface area contributed by atoms with Gasteiger partial charge < -0.3 is 10.2 Å². The lowest BCUT2D eigenvalue weighted by Crippen LogP contribution is -2.47. The summed E-state index contributed by atoms with van der Waals surface area (Å²) in [5, 5.41) is 5.17. The second-order valence-electron chi connectivity index (χ2n) is 7.97. The molecule has 1 aromatic rings. The molecule has 0 aliphatic heterocycles. The number of allylic oxidation sites excluding steroid dienone is 4. The van der Waals surface area contributed by atoms with E-state index in [0.717, 1.165) is 43.4 Å². The van der Waals surface area contributed by atoms with E-state index < -0.39 is 6.04 Å². The van der Waals surface area contributed by atoms with E-state index in [1.165, 1.54) is 17.8 Å². The number of hydrogen-bond donors (Lipinski definition) is 1. The zero-order valence-corrected chi connectivity index (χ0v) is 18.3. The van der Waals surface area contributed by atoms with Crippen molar-refractivity contribution < 1.29 is 9.59 Å². The van der Waals surface area contributed by atoms with Crippen LogP contribution in [0.1, 0.15) is 55.9 Å². The molecule has 0 aromatic carbocycles. The highest BCUT2D eigenvalue weighted by molar-refractivity contribution is 7.10. The van der Waals surface area contributed by atoms with Crippen molar-refractivity contribution in [3.63, 3.8) is 0 Å². The van der Waals surface area contributed by atoms with Gasteiger partial charge in [0.25, 0.3) is 5.91 Å². The summed E-state index contributed by atoms with van der Waals surface area (Å²) in [5.74, 6) is 5.63. The molecule has 2 aliphatic carbocycles. The van der Waals surface area contributed by atoms with Gasteiger partial charge in [0.15, 0.2) is 0 Å². The Morgan fingerprint density at radius 1 is 1.20 bits per heavy atom. The van der Waals surface area contributed by atoms with Crippen LogP contribution in [0.3, 0.4) is 0 Å². The zero-order chi connectivity index (χ0) is 21.3. The lowest BCUT2D eigenvalue weighted by atomic mass is 9.95. The van der Waals surface area contributed by atoms with Gasteiger partial charge in [0.1, 0.15) is 6.04 Å². The van der Waals surface area contributed by atoms with Crippen LogP contribution in [0, 0.1) is 17.8 Å². The Morgan fingerprint density at radius 3 is 2.57 bits per heavy atom. The molecule has 1 heterocycles. The van der Waals surface area contributed by atoms with E-state index in [2.05, 4.69) is 30.3 Å². The smallest absolute Gasteiger partial charge is 0.299 e. The largest absolute Gasteiger partial charge is 0.351 e. The van der Waals surface area contributed by atoms with Gasteiger partial charge in [-0.2, -0.15) is 0 Å². The molecule has 0 radical (unpaired) electrons. The van der Waals surface area contributed by atoms with Crippen molar-refractivity contribution in [2.24, 2.45) is 5.92 Å². The van der Waals surface area contributed by atoms with Crippen molar-refractivity contribution in [2.45, 2.75) is 57.0 Å². The Hall–Kier alpha value is -2.58. The average Bonchev–Trinajstić information content (AvgIpc) is 3.42. The van der Waals surface area contributed by atoms with Gasteiger partial charge >= 0.3 is 0 Å². The molecular formula is C25H30N2O2S. The molecule has 158 valence electrons. The fraction of sp³-hybridized carbons (Fsp3) is 0.440. The number of amides is 2. The Kier molecular flexibility index (Phi) is 8.10. The first-order chi connectivity index (χ1) is 14.6. The van der Waals surface area contributed by atoms with Crippen molar-refractivity contribution in [3.05, 3.63) is 59.3 Å². The molecule has 30 heavy (non-hydrogen) atoms. The molecule has 1 N–H and O–H groups in total. The van der Waals surface area contributed by atoms with Gasteiger partial charge in [-0.1, -0.05) is 56.6 Å². The maximum absolute atomic E-state index is 13.4. The quantitative estimate of drug-likeness (QED) is 0.484. The molecule has 1 atom stereocenters. The number of carbonyl (C=O) groups is 2. The predicted octanol–water partition coefficient (Wildman–Crippen LogP) is 4.78. The first-order valence-electron chi connectivity index (χ1n) is 10.7. The molecule has 2 aliphatic rings. The lowest BCUT2D eigenvalue weighted by molar-refractivity contribution is -0.137. The summed E-state index contributed by atoms with van der Waals surface area (Å²) in [6, 6.07) is 3.42. The highest BCUT2D eigenvalue weighted by Crippen LogP contribution is 2.34. The van der Waals surface area contributed by atoms with Gasteiger partial charge in [-0.15, -0.1) is 11.3 Å². The Morgan fingerprint density at radius 2 is 1.97 bits per heavy atom. The minimum atomic E-state index is -0.634. The first-order valence-corrected chi connectivity index (χ1v) is 11.6. The standard InChI is InChI=1S/C25H30N2O2S/c1-3-9-19(4-2)15-16-23(28)27(18-20-13-14-20)24(22-12-8-17-30-22)25(29)26-21-10-6-5-7-11-21/h3-4,8-9,12,17,20-21,24H,1-2,5-7,10-11,13-14,18H2,(H,26,29)/b19-9+. The number of carbonyl (C=O) groups excluding carboxylic acids is 2. The van der Waals surface area contributed by atoms with Crippen molar-refractivity contribution in [1.82, 2.24) is 10.2 Å². The maximum atomic E-state index is 13.4. The van der Waals surface area contributed by atoms with Crippen LogP contribution in [0.2, 0.25) is 0 Å². The number of nitrogens with zero attached hydrogens (tertiary/aromatic N) is 1. The zero-order valence-electron chi connectivity index (χ0n) is 17.4. The number of hydrogen-bond acceptors (Lipinski definition) is 3. The molecule has 2 fully saturated rings. The number of rotatable bonds is 8. The normalized spacial score (nSPS) is 17.9. The van der Waals surface area contributed by atoms with Crippen molar-refractivity contribution >= 4 is 23.2 Å². The Bertz CT molecular complexity index is 849. The van der Waals surface area contributed by atoms with Gasteiger partial charge in [-0.05, 0) is 49.1 Å². The van der Waals surface area contributed by atoms with Crippen LogP contribution in [-0.2, 0) is 9.59 Å². The van der Waals surface area contributed by atoms with Gasteiger partial charge in [-0.3, -0.25) is 9.59 Å². The third-order valence-corrected chi connectivity index (χ3v) is 6.49.